The molecule has 0 fully saturated rings. The lowest BCUT2D eigenvalue weighted by Gasteiger charge is -2.33. The summed E-state index contributed by atoms with van der Waals surface area (Å²) in [5.74, 6) is 1.47. The van der Waals surface area contributed by atoms with Crippen molar-refractivity contribution in [1.82, 2.24) is 9.78 Å². The van der Waals surface area contributed by atoms with E-state index in [1.807, 2.05) is 24.3 Å². The van der Waals surface area contributed by atoms with Gasteiger partial charge < -0.3 is 10.1 Å². The van der Waals surface area contributed by atoms with Crippen molar-refractivity contribution in [3.05, 3.63) is 52.9 Å². The van der Waals surface area contributed by atoms with Crippen molar-refractivity contribution in [3.63, 3.8) is 0 Å². The number of para-hydroxylation sites is 1. The maximum Gasteiger partial charge on any atom is 0.163 e. The van der Waals surface area contributed by atoms with Crippen LogP contribution in [0.25, 0.3) is 0 Å². The first kappa shape index (κ1) is 14.5. The Balaban J connectivity index is 1.98. The highest BCUT2D eigenvalue weighted by atomic mass is 16.5. The predicted octanol–water partition coefficient (Wildman–Crippen LogP) is 2.79. The fourth-order valence-corrected chi connectivity index (χ4v) is 3.52. The second kappa shape index (κ2) is 5.53. The molecule has 2 heterocycles. The number of benzene rings is 1. The summed E-state index contributed by atoms with van der Waals surface area (Å²) < 4.78 is 7.22. The highest BCUT2D eigenvalue weighted by Crippen LogP contribution is 2.43. The molecule has 0 bridgehead atoms. The Labute approximate surface area is 139 Å². The topological polar surface area (TPSA) is 79.9 Å². The van der Waals surface area contributed by atoms with Crippen LogP contribution in [0, 0.1) is 11.3 Å². The number of nitrogens with one attached hydrogen (secondary N) is 1. The Hall–Kier alpha value is -3.07. The average Bonchev–Trinajstić information content (AvgIpc) is 3.03. The van der Waals surface area contributed by atoms with Crippen molar-refractivity contribution >= 4 is 11.6 Å². The van der Waals surface area contributed by atoms with Crippen LogP contribution in [0.2, 0.25) is 0 Å². The molecular weight excluding hydrogens is 304 g/mol. The lowest BCUT2D eigenvalue weighted by Crippen LogP contribution is -2.31. The summed E-state index contributed by atoms with van der Waals surface area (Å²) in [4.78, 5) is 12.7. The molecule has 24 heavy (non-hydrogen) atoms. The molecule has 0 radical (unpaired) electrons. The smallest absolute Gasteiger partial charge is 0.163 e. The van der Waals surface area contributed by atoms with Crippen LogP contribution in [-0.2, 0) is 4.79 Å². The van der Waals surface area contributed by atoms with Crippen LogP contribution in [0.1, 0.15) is 36.4 Å². The Morgan fingerprint density at radius 2 is 2.21 bits per heavy atom. The fourth-order valence-electron chi connectivity index (χ4n) is 3.52. The number of carbonyl (C=O) groups excluding carboxylic acids is 1. The number of allylic oxidation sites excluding steroid dienone is 2. The van der Waals surface area contributed by atoms with E-state index in [9.17, 15) is 10.1 Å². The summed E-state index contributed by atoms with van der Waals surface area (Å²) in [5.41, 5.74) is 2.97. The van der Waals surface area contributed by atoms with E-state index in [1.54, 1.807) is 11.8 Å². The molecule has 1 aromatic heterocycles. The molecule has 0 amide bonds. The molecule has 6 nitrogen and oxygen atoms in total. The van der Waals surface area contributed by atoms with Gasteiger partial charge in [-0.25, -0.2) is 4.68 Å². The molecule has 0 saturated carbocycles. The number of nitriles is 1. The van der Waals surface area contributed by atoms with Crippen molar-refractivity contribution in [2.24, 2.45) is 0 Å². The van der Waals surface area contributed by atoms with Gasteiger partial charge in [-0.3, -0.25) is 4.79 Å². The Morgan fingerprint density at radius 1 is 1.38 bits per heavy atom. The third-order valence-electron chi connectivity index (χ3n) is 4.59. The summed E-state index contributed by atoms with van der Waals surface area (Å²) in [6.45, 7) is 0. The number of carbonyl (C=O) groups is 1. The van der Waals surface area contributed by atoms with Crippen molar-refractivity contribution in [1.29, 1.82) is 5.26 Å². The van der Waals surface area contributed by atoms with Gasteiger partial charge in [-0.15, -0.1) is 0 Å². The molecule has 1 atom stereocenters. The number of hydrogen-bond acceptors (Lipinski definition) is 5. The highest BCUT2D eigenvalue weighted by Gasteiger charge is 2.37. The minimum absolute atomic E-state index is 0.124. The van der Waals surface area contributed by atoms with Crippen LogP contribution in [0.3, 0.4) is 0 Å². The first-order chi connectivity index (χ1) is 11.7. The SMILES string of the molecule is COc1ccccc1[C@@H]1C2=C(CCCC2=O)Nc2c(C#N)cnn21. The Bertz CT molecular complexity index is 904. The summed E-state index contributed by atoms with van der Waals surface area (Å²) in [5, 5.41) is 17.0. The van der Waals surface area contributed by atoms with Gasteiger partial charge in [-0.05, 0) is 18.9 Å². The minimum atomic E-state index is -0.373. The monoisotopic (exact) mass is 320 g/mol. The normalized spacial score (nSPS) is 19.2. The van der Waals surface area contributed by atoms with Crippen molar-refractivity contribution in [2.75, 3.05) is 12.4 Å². The third-order valence-corrected chi connectivity index (χ3v) is 4.59. The summed E-state index contributed by atoms with van der Waals surface area (Å²) in [6.07, 6.45) is 3.68. The van der Waals surface area contributed by atoms with Gasteiger partial charge in [0.2, 0.25) is 0 Å². The van der Waals surface area contributed by atoms with E-state index in [4.69, 9.17) is 4.74 Å². The number of anilines is 1. The van der Waals surface area contributed by atoms with Gasteiger partial charge in [-0.1, -0.05) is 18.2 Å². The molecule has 2 aromatic rings. The van der Waals surface area contributed by atoms with Gasteiger partial charge in [-0.2, -0.15) is 10.4 Å². The standard InChI is InChI=1S/C18H16N4O2/c1-24-15-8-3-2-5-12(15)17-16-13(6-4-7-14(16)23)21-18-11(9-19)10-20-22(17)18/h2-3,5,8,10,17,21H,4,6-7H2,1H3/t17-/m1/s1. The quantitative estimate of drug-likeness (QED) is 0.920. The molecule has 4 rings (SSSR count). The van der Waals surface area contributed by atoms with Crippen LogP contribution in [-0.4, -0.2) is 22.7 Å². The summed E-state index contributed by atoms with van der Waals surface area (Å²) >= 11 is 0. The zero-order chi connectivity index (χ0) is 16.7. The van der Waals surface area contributed by atoms with E-state index in [0.717, 1.165) is 29.7 Å². The second-order valence-corrected chi connectivity index (χ2v) is 5.90. The van der Waals surface area contributed by atoms with E-state index in [1.165, 1.54) is 6.20 Å². The molecule has 0 spiro atoms. The van der Waals surface area contributed by atoms with Crippen molar-refractivity contribution in [2.45, 2.75) is 25.3 Å². The second-order valence-electron chi connectivity index (χ2n) is 5.90. The van der Waals surface area contributed by atoms with E-state index in [2.05, 4.69) is 16.5 Å². The van der Waals surface area contributed by atoms with Crippen LogP contribution in [0.5, 0.6) is 5.75 Å². The molecular formula is C18H16N4O2. The number of methoxy groups -OCH3 is 1. The van der Waals surface area contributed by atoms with Crippen molar-refractivity contribution in [3.8, 4) is 11.8 Å². The third kappa shape index (κ3) is 2.02. The summed E-state index contributed by atoms with van der Waals surface area (Å²) in [6, 6.07) is 9.42. The minimum Gasteiger partial charge on any atom is -0.496 e. The number of hydrogen-bond donors (Lipinski definition) is 1. The largest absolute Gasteiger partial charge is 0.496 e. The number of rotatable bonds is 2. The molecule has 1 aliphatic carbocycles. The zero-order valence-electron chi connectivity index (χ0n) is 13.2. The fraction of sp³-hybridized carbons (Fsp3) is 0.278. The van der Waals surface area contributed by atoms with Crippen LogP contribution in [0.4, 0.5) is 5.82 Å². The maximum atomic E-state index is 12.7. The van der Waals surface area contributed by atoms with Gasteiger partial charge in [0.1, 0.15) is 29.2 Å². The zero-order valence-corrected chi connectivity index (χ0v) is 13.2. The van der Waals surface area contributed by atoms with Gasteiger partial charge in [0.15, 0.2) is 5.78 Å². The van der Waals surface area contributed by atoms with E-state index in [0.29, 0.717) is 23.6 Å². The molecule has 1 aromatic carbocycles. The maximum absolute atomic E-state index is 12.7. The first-order valence-corrected chi connectivity index (χ1v) is 7.88. The van der Waals surface area contributed by atoms with E-state index < -0.39 is 0 Å². The lowest BCUT2D eigenvalue weighted by atomic mass is 9.85. The number of Topliss-reactive ketones (excluding diaryl/α,β-unsaturated/α-hetero) is 1. The molecule has 0 saturated heterocycles. The Kier molecular flexibility index (Phi) is 3.35. The van der Waals surface area contributed by atoms with Crippen LogP contribution >= 0.6 is 0 Å². The lowest BCUT2D eigenvalue weighted by molar-refractivity contribution is -0.116. The number of fused-ring (bicyclic) bond motifs is 1. The Morgan fingerprint density at radius 3 is 3.00 bits per heavy atom. The molecule has 0 unspecified atom stereocenters. The van der Waals surface area contributed by atoms with Gasteiger partial charge in [0.25, 0.3) is 0 Å². The number of ether oxygens (including phenoxy) is 1. The molecule has 1 aliphatic heterocycles. The van der Waals surface area contributed by atoms with Gasteiger partial charge >= 0.3 is 0 Å². The molecule has 120 valence electrons. The van der Waals surface area contributed by atoms with Gasteiger partial charge in [0, 0.05) is 23.3 Å². The predicted molar refractivity (Wildman–Crippen MR) is 87.6 cm³/mol. The number of nitrogens with zero attached hydrogens (tertiary/aromatic N) is 3. The first-order valence-electron chi connectivity index (χ1n) is 7.88. The van der Waals surface area contributed by atoms with Gasteiger partial charge in [0.05, 0.1) is 13.3 Å². The highest BCUT2D eigenvalue weighted by molar-refractivity contribution is 5.99. The molecule has 1 N–H and O–H groups in total. The van der Waals surface area contributed by atoms with Crippen LogP contribution in [0.15, 0.2) is 41.7 Å². The van der Waals surface area contributed by atoms with Crippen LogP contribution < -0.4 is 10.1 Å². The van der Waals surface area contributed by atoms with E-state index >= 15 is 0 Å². The number of ketones is 1. The number of aromatic nitrogens is 2. The van der Waals surface area contributed by atoms with Crippen molar-refractivity contribution < 1.29 is 9.53 Å². The van der Waals surface area contributed by atoms with E-state index in [-0.39, 0.29) is 11.8 Å². The molecule has 6 heteroatoms. The average molecular weight is 320 g/mol. The summed E-state index contributed by atoms with van der Waals surface area (Å²) in [7, 11) is 1.61. The molecule has 2 aliphatic rings.